The monoisotopic (exact) mass is 672 g/mol. The Kier molecular flexibility index (Phi) is 11.4. The second kappa shape index (κ2) is 13.8. The molecule has 0 bridgehead atoms. The number of sulfonamides is 1. The first kappa shape index (κ1) is 34.9. The number of halogens is 1. The van der Waals surface area contributed by atoms with Gasteiger partial charge in [0, 0.05) is 5.38 Å². The molecule has 1 aromatic heterocycles. The van der Waals surface area contributed by atoms with E-state index < -0.39 is 81.5 Å². The van der Waals surface area contributed by atoms with Crippen molar-refractivity contribution in [3.8, 4) is 0 Å². The van der Waals surface area contributed by atoms with Crippen molar-refractivity contribution < 1.29 is 51.3 Å². The van der Waals surface area contributed by atoms with E-state index in [-0.39, 0.29) is 35.2 Å². The van der Waals surface area contributed by atoms with Crippen LogP contribution in [0.1, 0.15) is 38.9 Å². The van der Waals surface area contributed by atoms with Crippen LogP contribution < -0.4 is 21.5 Å². The van der Waals surface area contributed by atoms with Gasteiger partial charge in [0.05, 0.1) is 34.7 Å². The minimum absolute atomic E-state index is 0. The van der Waals surface area contributed by atoms with Crippen molar-refractivity contribution in [2.75, 3.05) is 25.4 Å². The zero-order chi connectivity index (χ0) is 30.7. The minimum atomic E-state index is -3.92. The van der Waals surface area contributed by atoms with Gasteiger partial charge in [-0.15, -0.1) is 35.5 Å². The van der Waals surface area contributed by atoms with Crippen LogP contribution in [-0.2, 0) is 43.4 Å². The predicted octanol–water partition coefficient (Wildman–Crippen LogP) is 0.492. The summed E-state index contributed by atoms with van der Waals surface area (Å²) in [6, 6.07) is -1.51. The van der Waals surface area contributed by atoms with Gasteiger partial charge in [0.25, 0.3) is 0 Å². The number of rotatable bonds is 10. The van der Waals surface area contributed by atoms with E-state index in [0.717, 1.165) is 34.3 Å². The van der Waals surface area contributed by atoms with Gasteiger partial charge >= 0.3 is 18.2 Å². The number of hydrogen-bond acceptors (Lipinski definition) is 15. The van der Waals surface area contributed by atoms with Crippen molar-refractivity contribution in [2.45, 2.75) is 44.0 Å². The highest BCUT2D eigenvalue weighted by Gasteiger charge is 2.49. The van der Waals surface area contributed by atoms with Crippen molar-refractivity contribution in [3.63, 3.8) is 0 Å². The van der Waals surface area contributed by atoms with Crippen molar-refractivity contribution in [3.05, 3.63) is 22.5 Å². The highest BCUT2D eigenvalue weighted by molar-refractivity contribution is 8.00. The average Bonchev–Trinajstić information content (AvgIpc) is 3.25. The summed E-state index contributed by atoms with van der Waals surface area (Å²) in [5, 5.41) is 2.33. The summed E-state index contributed by atoms with van der Waals surface area (Å²) in [5.74, 6) is -2.41. The lowest BCUT2D eigenvalue weighted by Crippen LogP contribution is -2.57. The standard InChI is InChI=1S/C21H28N6O11S3.ClH/c1-21(2,3)17(30)36-8-37-20(32)38-16-9(6-35-19(23)31)15(40-12-5-11(28)27(12)16)25-14(29)13(26-41(4,33)34)10-7-39-18(22)24-10;/h7,12-13,15,26H,5-6,8H2,1-4H3,(H2,22,24)(H2,23,31)(H,25,29);1H/t12-,13?,15?;/m0./s1. The number of nitrogen functional groups attached to an aromatic ring is 1. The number of carbonyl (C=O) groups excluding carboxylic acids is 5. The Morgan fingerprint density at radius 3 is 2.40 bits per heavy atom. The normalized spacial score (nSPS) is 19.0. The number of nitrogens with one attached hydrogen (secondary N) is 2. The maximum absolute atomic E-state index is 13.3. The Morgan fingerprint density at radius 1 is 1.21 bits per heavy atom. The lowest BCUT2D eigenvalue weighted by atomic mass is 9.98. The summed E-state index contributed by atoms with van der Waals surface area (Å²) in [6.07, 6.45) is -1.74. The highest BCUT2D eigenvalue weighted by Crippen LogP contribution is 2.44. The first-order valence-corrected chi connectivity index (χ1v) is 15.3. The molecule has 17 nitrogen and oxygen atoms in total. The maximum Gasteiger partial charge on any atom is 0.518 e. The average molecular weight is 673 g/mol. The van der Waals surface area contributed by atoms with Gasteiger partial charge in [0.1, 0.15) is 18.0 Å². The first-order chi connectivity index (χ1) is 19.0. The van der Waals surface area contributed by atoms with Gasteiger partial charge in [-0.25, -0.2) is 23.0 Å². The molecule has 1 saturated heterocycles. The molecular weight excluding hydrogens is 644 g/mol. The van der Waals surface area contributed by atoms with Crippen molar-refractivity contribution in [1.82, 2.24) is 19.9 Å². The van der Waals surface area contributed by atoms with E-state index in [9.17, 15) is 32.4 Å². The van der Waals surface area contributed by atoms with Gasteiger partial charge < -0.3 is 35.7 Å². The number of β-lactam (4-membered cyclic amide) rings is 1. The van der Waals surface area contributed by atoms with Gasteiger partial charge in [0.15, 0.2) is 5.13 Å². The molecule has 3 atom stereocenters. The fourth-order valence-corrected chi connectivity index (χ4v) is 5.98. The van der Waals surface area contributed by atoms with E-state index >= 15 is 0 Å². The van der Waals surface area contributed by atoms with E-state index in [1.165, 1.54) is 5.38 Å². The highest BCUT2D eigenvalue weighted by atomic mass is 35.5. The number of amides is 3. The molecule has 234 valence electrons. The van der Waals surface area contributed by atoms with Crippen LogP contribution in [0.15, 0.2) is 16.8 Å². The Balaban J connectivity index is 0.00000616. The topological polar surface area (TPSA) is 249 Å². The van der Waals surface area contributed by atoms with Crippen LogP contribution in [0.4, 0.5) is 14.7 Å². The molecule has 3 heterocycles. The van der Waals surface area contributed by atoms with Crippen LogP contribution >= 0.6 is 35.5 Å². The van der Waals surface area contributed by atoms with Crippen molar-refractivity contribution >= 4 is 80.7 Å². The third-order valence-electron chi connectivity index (χ3n) is 5.24. The van der Waals surface area contributed by atoms with Crippen LogP contribution in [0.2, 0.25) is 0 Å². The second-order valence-electron chi connectivity index (χ2n) is 9.62. The van der Waals surface area contributed by atoms with Gasteiger partial charge in [-0.1, -0.05) is 0 Å². The van der Waals surface area contributed by atoms with Gasteiger partial charge in [-0.2, -0.15) is 4.72 Å². The van der Waals surface area contributed by atoms with Gasteiger partial charge in [-0.3, -0.25) is 19.3 Å². The molecule has 2 unspecified atom stereocenters. The molecule has 0 radical (unpaired) electrons. The number of esters is 1. The van der Waals surface area contributed by atoms with E-state index in [4.69, 9.17) is 30.4 Å². The van der Waals surface area contributed by atoms with E-state index in [2.05, 4.69) is 15.0 Å². The lowest BCUT2D eigenvalue weighted by molar-refractivity contribution is -0.162. The lowest BCUT2D eigenvalue weighted by Gasteiger charge is -2.46. The molecule has 3 rings (SSSR count). The number of anilines is 1. The molecule has 1 aromatic rings. The molecule has 2 aliphatic heterocycles. The number of fused-ring (bicyclic) bond motifs is 1. The van der Waals surface area contributed by atoms with E-state index in [0.29, 0.717) is 0 Å². The molecule has 42 heavy (non-hydrogen) atoms. The Morgan fingerprint density at radius 2 is 1.88 bits per heavy atom. The molecule has 1 fully saturated rings. The molecule has 0 spiro atoms. The number of thioether (sulfide) groups is 1. The van der Waals surface area contributed by atoms with Crippen LogP contribution in [-0.4, -0.2) is 78.7 Å². The fraction of sp³-hybridized carbons (Fsp3) is 0.524. The Bertz CT molecular complexity index is 1380. The molecule has 6 N–H and O–H groups in total. The summed E-state index contributed by atoms with van der Waals surface area (Å²) in [5.41, 5.74) is 9.80. The number of carbonyl (C=O) groups is 5. The molecule has 0 aliphatic carbocycles. The summed E-state index contributed by atoms with van der Waals surface area (Å²) in [7, 11) is -3.92. The fourth-order valence-electron chi connectivity index (χ4n) is 3.33. The molecule has 0 aromatic carbocycles. The summed E-state index contributed by atoms with van der Waals surface area (Å²) < 4.78 is 45.9. The van der Waals surface area contributed by atoms with Crippen LogP contribution in [0, 0.1) is 5.41 Å². The number of nitrogens with two attached hydrogens (primary N) is 2. The Labute approximate surface area is 254 Å². The van der Waals surface area contributed by atoms with Crippen LogP contribution in [0.25, 0.3) is 0 Å². The molecule has 21 heteroatoms. The maximum atomic E-state index is 13.3. The van der Waals surface area contributed by atoms with Gasteiger partial charge in [0.2, 0.25) is 34.5 Å². The largest absolute Gasteiger partial charge is 0.518 e. The number of hydrogen-bond donors (Lipinski definition) is 4. The smallest absolute Gasteiger partial charge is 0.445 e. The summed E-state index contributed by atoms with van der Waals surface area (Å²) >= 11 is 2.01. The van der Waals surface area contributed by atoms with E-state index in [1.807, 2.05) is 0 Å². The van der Waals surface area contributed by atoms with Gasteiger partial charge in [-0.05, 0) is 20.8 Å². The second-order valence-corrected chi connectivity index (χ2v) is 13.6. The molecular formula is C21H29ClN6O11S3. The predicted molar refractivity (Wildman–Crippen MR) is 150 cm³/mol. The molecule has 3 amide bonds. The number of nitrogens with zero attached hydrogens (tertiary/aromatic N) is 2. The van der Waals surface area contributed by atoms with Crippen LogP contribution in [0.5, 0.6) is 0 Å². The zero-order valence-corrected chi connectivity index (χ0v) is 25.9. The molecule has 0 saturated carbocycles. The molecule has 2 aliphatic rings. The minimum Gasteiger partial charge on any atom is -0.445 e. The van der Waals surface area contributed by atoms with Crippen LogP contribution in [0.3, 0.4) is 0 Å². The summed E-state index contributed by atoms with van der Waals surface area (Å²) in [4.78, 5) is 66.5. The summed E-state index contributed by atoms with van der Waals surface area (Å²) in [6.45, 7) is 3.34. The third-order valence-corrected chi connectivity index (χ3v) is 7.96. The number of ether oxygens (including phenoxy) is 4. The number of primary amides is 1. The number of thiazole rings is 1. The number of aromatic nitrogens is 1. The third kappa shape index (κ3) is 9.08. The van der Waals surface area contributed by atoms with Crippen molar-refractivity contribution in [2.24, 2.45) is 11.1 Å². The Hall–Kier alpha value is -3.33. The first-order valence-electron chi connectivity index (χ1n) is 11.6. The SMILES string of the molecule is CC(C)(C)C(=O)OCOC(=O)OC1=C(COC(N)=O)C(NC(=O)C(NS(C)(=O)=O)c2csc(N)n2)S[C@H]2CC(=O)N12.Cl. The van der Waals surface area contributed by atoms with E-state index in [1.54, 1.807) is 20.8 Å². The van der Waals surface area contributed by atoms with Crippen molar-refractivity contribution in [1.29, 1.82) is 0 Å². The quantitative estimate of drug-likeness (QED) is 0.114. The zero-order valence-electron chi connectivity index (χ0n) is 22.6.